The highest BCUT2D eigenvalue weighted by Gasteiger charge is 2.15. The zero-order valence-electron chi connectivity index (χ0n) is 31.8. The van der Waals surface area contributed by atoms with Gasteiger partial charge in [0.2, 0.25) is 23.6 Å². The molecule has 14 heteroatoms. The number of halogens is 5. The second-order valence-corrected chi connectivity index (χ2v) is 13.9. The largest absolute Gasteiger partial charge is 0.490 e. The van der Waals surface area contributed by atoms with Crippen LogP contribution in [0.5, 0.6) is 0 Å². The van der Waals surface area contributed by atoms with E-state index >= 15 is 0 Å². The molecule has 2 aromatic heterocycles. The van der Waals surface area contributed by atoms with Crippen LogP contribution in [0, 0.1) is 0 Å². The molecule has 2 heterocycles. The molecule has 0 saturated heterocycles. The van der Waals surface area contributed by atoms with E-state index in [0.717, 1.165) is 37.9 Å². The van der Waals surface area contributed by atoms with Crippen LogP contribution in [0.2, 0.25) is 20.1 Å². The van der Waals surface area contributed by atoms with E-state index in [1.54, 1.807) is 18.2 Å². The van der Waals surface area contributed by atoms with Crippen molar-refractivity contribution in [3.05, 3.63) is 170 Å². The van der Waals surface area contributed by atoms with Crippen LogP contribution in [0.3, 0.4) is 0 Å². The van der Waals surface area contributed by atoms with Crippen LogP contribution in [-0.4, -0.2) is 37.6 Å². The van der Waals surface area contributed by atoms with Crippen LogP contribution in [0.4, 0.5) is 0 Å². The monoisotopic (exact) mass is 916 g/mol. The van der Waals surface area contributed by atoms with Crippen LogP contribution in [-0.2, 0) is 0 Å². The predicted octanol–water partition coefficient (Wildman–Crippen LogP) is 13.3. The summed E-state index contributed by atoms with van der Waals surface area (Å²) in [6.07, 6.45) is 0. The molecule has 2 N–H and O–H groups in total. The first kappa shape index (κ1) is 45.9. The second-order valence-electron chi connectivity index (χ2n) is 11.3. The van der Waals surface area contributed by atoms with Gasteiger partial charge in [0.1, 0.15) is 0 Å². The highest BCUT2D eigenvalue weighted by atomic mass is 79.9. The van der Waals surface area contributed by atoms with E-state index in [1.807, 2.05) is 143 Å². The van der Waals surface area contributed by atoms with Gasteiger partial charge in [0, 0.05) is 57.8 Å². The topological polar surface area (TPSA) is 118 Å². The molecule has 0 amide bonds. The summed E-state index contributed by atoms with van der Waals surface area (Å²) < 4.78 is 12.5. The minimum atomic E-state index is -1.57. The molecular weight excluding hydrogens is 881 g/mol. The lowest BCUT2D eigenvalue weighted by Crippen LogP contribution is -2.30. The average molecular weight is 919 g/mol. The lowest BCUT2D eigenvalue weighted by molar-refractivity contribution is 0.426. The van der Waals surface area contributed by atoms with Crippen LogP contribution in [0.1, 0.15) is 27.7 Å². The van der Waals surface area contributed by atoms with Gasteiger partial charge in [-0.2, -0.15) is 0 Å². The standard InChI is InChI=1S/C20H12Cl2N2O.C14H9BrN2O.C6H5BCl2O2.2C2H6/c21-16-10-11-18(22)17(12-16)13-6-8-15(9-7-13)20-24-23-19(25-20)14-4-2-1-3-5-14;15-12-8-6-11(7-9-12)14-17-16-13(18-14)10-4-2-1-3-5-10;8-4-1-2-6(9)5(3-4)7(10)11;2*1-2/h1-12H;1-9H;1-3,10-11H;2*1-2H3. The number of rotatable bonds is 6. The first-order valence-corrected chi connectivity index (χ1v) is 20.4. The zero-order valence-corrected chi connectivity index (χ0v) is 36.4. The normalized spacial score (nSPS) is 9.98. The Kier molecular flexibility index (Phi) is 18.7. The van der Waals surface area contributed by atoms with Gasteiger partial charge in [0.05, 0.1) is 0 Å². The van der Waals surface area contributed by atoms with E-state index < -0.39 is 7.12 Å². The van der Waals surface area contributed by atoms with E-state index in [0.29, 0.717) is 43.7 Å². The highest BCUT2D eigenvalue weighted by molar-refractivity contribution is 9.10. The number of hydrogen-bond acceptors (Lipinski definition) is 8. The van der Waals surface area contributed by atoms with E-state index in [1.165, 1.54) is 12.1 Å². The van der Waals surface area contributed by atoms with Crippen molar-refractivity contribution in [2.45, 2.75) is 27.7 Å². The fourth-order valence-electron chi connectivity index (χ4n) is 4.89. The molecule has 0 fully saturated rings. The summed E-state index contributed by atoms with van der Waals surface area (Å²) in [4.78, 5) is 0. The van der Waals surface area contributed by atoms with Gasteiger partial charge in [-0.25, -0.2) is 0 Å². The first-order valence-electron chi connectivity index (χ1n) is 18.1. The van der Waals surface area contributed by atoms with Gasteiger partial charge in [-0.3, -0.25) is 0 Å². The third-order valence-electron chi connectivity index (χ3n) is 7.59. The fraction of sp³-hybridized carbons (Fsp3) is 0.0909. The molecule has 0 bridgehead atoms. The molecule has 0 atom stereocenters. The summed E-state index contributed by atoms with van der Waals surface area (Å²) in [6.45, 7) is 8.00. The molecule has 296 valence electrons. The minimum absolute atomic E-state index is 0.221. The molecule has 58 heavy (non-hydrogen) atoms. The molecular formula is C44H38BBrCl4N4O4. The van der Waals surface area contributed by atoms with Crippen LogP contribution in [0.15, 0.2) is 159 Å². The smallest absolute Gasteiger partial charge is 0.423 e. The number of benzene rings is 6. The van der Waals surface area contributed by atoms with Gasteiger partial charge in [-0.05, 0) is 103 Å². The SMILES string of the molecule is Brc1ccc(-c2nnc(-c3ccccc3)o2)cc1.CC.CC.Clc1ccc(Cl)c(-c2ccc(-c3nnc(-c4ccccc4)o3)cc2)c1.OB(O)c1cc(Cl)ccc1Cl. The Morgan fingerprint density at radius 3 is 1.22 bits per heavy atom. The van der Waals surface area contributed by atoms with Crippen molar-refractivity contribution >= 4 is 74.9 Å². The summed E-state index contributed by atoms with van der Waals surface area (Å²) in [6, 6.07) is 44.8. The Hall–Kier alpha value is -4.78. The van der Waals surface area contributed by atoms with Gasteiger partial charge in [0.25, 0.3) is 0 Å². The maximum Gasteiger partial charge on any atom is 0.490 e. The van der Waals surface area contributed by atoms with Crippen molar-refractivity contribution in [1.29, 1.82) is 0 Å². The maximum atomic E-state index is 8.74. The summed E-state index contributed by atoms with van der Waals surface area (Å²) in [7, 11) is -1.57. The maximum absolute atomic E-state index is 8.74. The number of aromatic nitrogens is 4. The fourth-order valence-corrected chi connectivity index (χ4v) is 5.95. The van der Waals surface area contributed by atoms with Crippen molar-refractivity contribution < 1.29 is 18.9 Å². The molecule has 0 radical (unpaired) electrons. The Labute approximate surface area is 366 Å². The zero-order chi connectivity index (χ0) is 42.0. The van der Waals surface area contributed by atoms with Crippen molar-refractivity contribution in [2.75, 3.05) is 0 Å². The number of nitrogens with zero attached hydrogens (tertiary/aromatic N) is 4. The lowest BCUT2D eigenvalue weighted by atomic mass is 9.80. The van der Waals surface area contributed by atoms with E-state index in [4.69, 9.17) is 65.3 Å². The number of hydrogen-bond donors (Lipinski definition) is 2. The van der Waals surface area contributed by atoms with Crippen molar-refractivity contribution in [2.24, 2.45) is 0 Å². The van der Waals surface area contributed by atoms with Gasteiger partial charge in [0.15, 0.2) is 0 Å². The third kappa shape index (κ3) is 13.1. The Bertz CT molecular complexity index is 2440. The molecule has 8 nitrogen and oxygen atoms in total. The van der Waals surface area contributed by atoms with Crippen LogP contribution in [0.25, 0.3) is 56.9 Å². The Morgan fingerprint density at radius 2 is 0.810 bits per heavy atom. The summed E-state index contributed by atoms with van der Waals surface area (Å²) in [5.74, 6) is 2.04. The predicted molar refractivity (Wildman–Crippen MR) is 242 cm³/mol. The quantitative estimate of drug-likeness (QED) is 0.158. The molecule has 0 aliphatic heterocycles. The summed E-state index contributed by atoms with van der Waals surface area (Å²) in [5, 5.41) is 35.9. The van der Waals surface area contributed by atoms with E-state index in [2.05, 4.69) is 36.3 Å². The minimum Gasteiger partial charge on any atom is -0.423 e. The highest BCUT2D eigenvalue weighted by Crippen LogP contribution is 2.32. The summed E-state index contributed by atoms with van der Waals surface area (Å²) in [5.41, 5.74) is 5.65. The molecule has 8 aromatic rings. The van der Waals surface area contributed by atoms with Gasteiger partial charge in [-0.1, -0.05) is 139 Å². The summed E-state index contributed by atoms with van der Waals surface area (Å²) >= 11 is 26.9. The molecule has 0 aliphatic rings. The molecule has 0 aliphatic carbocycles. The van der Waals surface area contributed by atoms with Crippen molar-refractivity contribution in [3.63, 3.8) is 0 Å². The van der Waals surface area contributed by atoms with E-state index in [-0.39, 0.29) is 5.46 Å². The van der Waals surface area contributed by atoms with Crippen LogP contribution < -0.4 is 5.46 Å². The molecule has 0 spiro atoms. The van der Waals surface area contributed by atoms with Gasteiger partial charge < -0.3 is 18.9 Å². The molecule has 8 rings (SSSR count). The van der Waals surface area contributed by atoms with Gasteiger partial charge >= 0.3 is 7.12 Å². The second kappa shape index (κ2) is 23.6. The average Bonchev–Trinajstić information content (AvgIpc) is 3.97. The third-order valence-corrected chi connectivity index (χ3v) is 9.26. The molecule has 6 aromatic carbocycles. The van der Waals surface area contributed by atoms with Crippen LogP contribution >= 0.6 is 62.3 Å². The Morgan fingerprint density at radius 1 is 0.448 bits per heavy atom. The Balaban J connectivity index is 0.000000197. The molecule has 0 unspecified atom stereocenters. The first-order chi connectivity index (χ1) is 28.1. The lowest BCUT2D eigenvalue weighted by Gasteiger charge is -2.05. The van der Waals surface area contributed by atoms with E-state index in [9.17, 15) is 0 Å². The van der Waals surface area contributed by atoms with Gasteiger partial charge in [-0.15, -0.1) is 20.4 Å². The van der Waals surface area contributed by atoms with Crippen molar-refractivity contribution in [1.82, 2.24) is 20.4 Å². The van der Waals surface area contributed by atoms with Crippen molar-refractivity contribution in [3.8, 4) is 56.9 Å². The molecule has 0 saturated carbocycles.